The number of hydrogen-bond donors (Lipinski definition) is 1. The molecule has 128 valence electrons. The molecule has 5 nitrogen and oxygen atoms in total. The molecule has 0 saturated carbocycles. The smallest absolute Gasteiger partial charge is 0.188 e. The van der Waals surface area contributed by atoms with Crippen LogP contribution >= 0.6 is 0 Å². The average Bonchev–Trinajstić information content (AvgIpc) is 3.27. The Morgan fingerprint density at radius 1 is 0.962 bits per heavy atom. The summed E-state index contributed by atoms with van der Waals surface area (Å²) >= 11 is 0. The van der Waals surface area contributed by atoms with Crippen LogP contribution in [0.4, 0.5) is 10.2 Å². The lowest BCUT2D eigenvalue weighted by molar-refractivity contribution is 0.629. The van der Waals surface area contributed by atoms with Gasteiger partial charge in [0.05, 0.1) is 11.6 Å². The number of fused-ring (bicyclic) bond motifs is 2. The van der Waals surface area contributed by atoms with Crippen LogP contribution in [0.5, 0.6) is 0 Å². The highest BCUT2D eigenvalue weighted by atomic mass is 19.1. The first-order chi connectivity index (χ1) is 12.8. The first-order valence-corrected chi connectivity index (χ1v) is 8.61. The number of aryl methyl sites for hydroxylation is 1. The van der Waals surface area contributed by atoms with Gasteiger partial charge in [0.25, 0.3) is 0 Å². The second-order valence-corrected chi connectivity index (χ2v) is 6.43. The third kappa shape index (κ3) is 2.42. The fraction of sp³-hybridized carbons (Fsp3) is 0.150. The quantitative estimate of drug-likeness (QED) is 0.609. The fourth-order valence-corrected chi connectivity index (χ4v) is 3.56. The van der Waals surface area contributed by atoms with Crippen LogP contribution in [0.15, 0.2) is 60.7 Å². The van der Waals surface area contributed by atoms with Crippen LogP contribution in [0.2, 0.25) is 0 Å². The van der Waals surface area contributed by atoms with Gasteiger partial charge in [0.15, 0.2) is 11.5 Å². The van der Waals surface area contributed by atoms with Crippen LogP contribution in [0.1, 0.15) is 23.6 Å². The number of nitrogens with one attached hydrogen (secondary N) is 1. The number of anilines is 1. The Kier molecular flexibility index (Phi) is 3.41. The van der Waals surface area contributed by atoms with Gasteiger partial charge in [0.2, 0.25) is 0 Å². The van der Waals surface area contributed by atoms with Crippen molar-refractivity contribution < 1.29 is 4.39 Å². The molecule has 2 heterocycles. The van der Waals surface area contributed by atoms with Crippen molar-refractivity contribution in [2.75, 3.05) is 5.32 Å². The molecular weight excluding hydrogens is 329 g/mol. The second-order valence-electron chi connectivity index (χ2n) is 6.43. The highest BCUT2D eigenvalue weighted by Crippen LogP contribution is 2.33. The van der Waals surface area contributed by atoms with Gasteiger partial charge in [0.1, 0.15) is 11.6 Å². The predicted molar refractivity (Wildman–Crippen MR) is 97.3 cm³/mol. The Hall–Kier alpha value is -3.28. The molecule has 1 unspecified atom stereocenters. The van der Waals surface area contributed by atoms with E-state index in [1.807, 2.05) is 12.1 Å². The van der Waals surface area contributed by atoms with Crippen LogP contribution in [-0.2, 0) is 6.42 Å². The summed E-state index contributed by atoms with van der Waals surface area (Å²) in [5, 5.41) is 16.3. The molecule has 6 heteroatoms. The van der Waals surface area contributed by atoms with Crippen LogP contribution in [0.3, 0.4) is 0 Å². The van der Waals surface area contributed by atoms with Crippen LogP contribution in [-0.4, -0.2) is 19.8 Å². The Morgan fingerprint density at radius 2 is 1.81 bits per heavy atom. The van der Waals surface area contributed by atoms with Crippen molar-refractivity contribution in [3.8, 4) is 11.4 Å². The Morgan fingerprint density at radius 3 is 2.73 bits per heavy atom. The standard InChI is InChI=1S/C20H16FN5/c21-16-8-4-3-7-15(16)20-24-23-19-12-11-18(25-26(19)20)22-17-10-9-13-5-1-2-6-14(13)17/h1-8,11-12,17H,9-10H2,(H,22,25). The van der Waals surface area contributed by atoms with Crippen molar-refractivity contribution >= 4 is 11.5 Å². The number of hydrogen-bond acceptors (Lipinski definition) is 4. The molecule has 26 heavy (non-hydrogen) atoms. The summed E-state index contributed by atoms with van der Waals surface area (Å²) < 4.78 is 15.7. The number of nitrogens with zero attached hydrogens (tertiary/aromatic N) is 4. The Balaban J connectivity index is 1.53. The molecule has 2 aromatic carbocycles. The first-order valence-electron chi connectivity index (χ1n) is 8.61. The van der Waals surface area contributed by atoms with E-state index in [-0.39, 0.29) is 11.9 Å². The number of halogens is 1. The van der Waals surface area contributed by atoms with E-state index < -0.39 is 0 Å². The summed E-state index contributed by atoms with van der Waals surface area (Å²) in [4.78, 5) is 0. The van der Waals surface area contributed by atoms with Gasteiger partial charge in [-0.05, 0) is 48.2 Å². The average molecular weight is 345 g/mol. The molecule has 0 amide bonds. The largest absolute Gasteiger partial charge is 0.362 e. The molecule has 1 aliphatic carbocycles. The van der Waals surface area contributed by atoms with Crippen molar-refractivity contribution in [2.24, 2.45) is 0 Å². The summed E-state index contributed by atoms with van der Waals surface area (Å²) in [7, 11) is 0. The van der Waals surface area contributed by atoms with Crippen molar-refractivity contribution in [1.29, 1.82) is 0 Å². The topological polar surface area (TPSA) is 55.1 Å². The maximum atomic E-state index is 14.1. The van der Waals surface area contributed by atoms with Crippen LogP contribution < -0.4 is 5.32 Å². The summed E-state index contributed by atoms with van der Waals surface area (Å²) in [6.45, 7) is 0. The molecule has 0 bridgehead atoms. The van der Waals surface area contributed by atoms with Crippen molar-refractivity contribution in [2.45, 2.75) is 18.9 Å². The monoisotopic (exact) mass is 345 g/mol. The van der Waals surface area contributed by atoms with E-state index in [4.69, 9.17) is 0 Å². The minimum atomic E-state index is -0.341. The van der Waals surface area contributed by atoms with E-state index in [0.717, 1.165) is 18.7 Å². The lowest BCUT2D eigenvalue weighted by Gasteiger charge is -2.14. The van der Waals surface area contributed by atoms with Crippen LogP contribution in [0.25, 0.3) is 17.0 Å². The SMILES string of the molecule is Fc1ccccc1-c1nnc2ccc(NC3CCc4ccccc43)nn12. The molecule has 1 N–H and O–H groups in total. The summed E-state index contributed by atoms with van der Waals surface area (Å²) in [6, 6.07) is 18.9. The Bertz CT molecular complexity index is 1100. The number of rotatable bonds is 3. The fourth-order valence-electron chi connectivity index (χ4n) is 3.56. The molecule has 0 fully saturated rings. The van der Waals surface area contributed by atoms with Crippen molar-refractivity contribution in [3.05, 3.63) is 77.6 Å². The van der Waals surface area contributed by atoms with E-state index in [9.17, 15) is 4.39 Å². The molecule has 4 aromatic rings. The van der Waals surface area contributed by atoms with Gasteiger partial charge in [-0.2, -0.15) is 4.52 Å². The van der Waals surface area contributed by atoms with E-state index in [1.54, 1.807) is 22.7 Å². The minimum absolute atomic E-state index is 0.226. The molecule has 5 rings (SSSR count). The maximum absolute atomic E-state index is 14.1. The summed E-state index contributed by atoms with van der Waals surface area (Å²) in [6.07, 6.45) is 2.09. The summed E-state index contributed by atoms with van der Waals surface area (Å²) in [5.74, 6) is 0.775. The zero-order valence-electron chi connectivity index (χ0n) is 13.9. The van der Waals surface area contributed by atoms with Gasteiger partial charge >= 0.3 is 0 Å². The van der Waals surface area contributed by atoms with Gasteiger partial charge in [-0.3, -0.25) is 0 Å². The maximum Gasteiger partial charge on any atom is 0.188 e. The van der Waals surface area contributed by atoms with Gasteiger partial charge in [-0.1, -0.05) is 36.4 Å². The number of benzene rings is 2. The molecular formula is C20H16FN5. The molecule has 0 aliphatic heterocycles. The molecule has 0 radical (unpaired) electrons. The van der Waals surface area contributed by atoms with Crippen LogP contribution in [0, 0.1) is 5.82 Å². The van der Waals surface area contributed by atoms with E-state index >= 15 is 0 Å². The number of aromatic nitrogens is 4. The molecule has 2 aromatic heterocycles. The first kappa shape index (κ1) is 15.0. The molecule has 0 spiro atoms. The van der Waals surface area contributed by atoms with Gasteiger partial charge in [0, 0.05) is 0 Å². The molecule has 0 saturated heterocycles. The van der Waals surface area contributed by atoms with Crippen molar-refractivity contribution in [3.63, 3.8) is 0 Å². The summed E-state index contributed by atoms with van der Waals surface area (Å²) in [5.41, 5.74) is 3.66. The van der Waals surface area contributed by atoms with E-state index in [2.05, 4.69) is 44.9 Å². The van der Waals surface area contributed by atoms with Gasteiger partial charge in [-0.15, -0.1) is 15.3 Å². The zero-order valence-corrected chi connectivity index (χ0v) is 13.9. The Labute approximate surface area is 149 Å². The highest BCUT2D eigenvalue weighted by molar-refractivity contribution is 5.60. The molecule has 1 aliphatic rings. The highest BCUT2D eigenvalue weighted by Gasteiger charge is 2.22. The predicted octanol–water partition coefficient (Wildman–Crippen LogP) is 4.03. The van der Waals surface area contributed by atoms with Gasteiger partial charge in [-0.25, -0.2) is 4.39 Å². The van der Waals surface area contributed by atoms with Crippen molar-refractivity contribution in [1.82, 2.24) is 19.8 Å². The lowest BCUT2D eigenvalue weighted by atomic mass is 10.1. The zero-order chi connectivity index (χ0) is 17.5. The normalized spacial score (nSPS) is 16.0. The van der Waals surface area contributed by atoms with E-state index in [1.165, 1.54) is 17.2 Å². The van der Waals surface area contributed by atoms with E-state index in [0.29, 0.717) is 17.0 Å². The van der Waals surface area contributed by atoms with Gasteiger partial charge < -0.3 is 5.32 Å². The second kappa shape index (κ2) is 5.91. The third-order valence-corrected chi connectivity index (χ3v) is 4.83. The third-order valence-electron chi connectivity index (χ3n) is 4.83. The molecule has 1 atom stereocenters. The minimum Gasteiger partial charge on any atom is -0.362 e. The lowest BCUT2D eigenvalue weighted by Crippen LogP contribution is -2.10.